The first-order chi connectivity index (χ1) is 9.82. The van der Waals surface area contributed by atoms with Gasteiger partial charge in [0, 0.05) is 24.3 Å². The summed E-state index contributed by atoms with van der Waals surface area (Å²) in [6.07, 6.45) is 1.79. The summed E-state index contributed by atoms with van der Waals surface area (Å²) in [4.78, 5) is 5.21. The molecule has 21 heavy (non-hydrogen) atoms. The van der Waals surface area contributed by atoms with Crippen LogP contribution in [0.3, 0.4) is 0 Å². The number of thiazole rings is 1. The van der Waals surface area contributed by atoms with Gasteiger partial charge in [0.2, 0.25) is 0 Å². The van der Waals surface area contributed by atoms with E-state index in [1.54, 1.807) is 17.5 Å². The maximum atomic E-state index is 13.7. The highest BCUT2D eigenvalue weighted by atomic mass is 32.1. The molecule has 3 nitrogen and oxygen atoms in total. The highest BCUT2D eigenvalue weighted by molar-refractivity contribution is 7.11. The Morgan fingerprint density at radius 1 is 1.29 bits per heavy atom. The highest BCUT2D eigenvalue weighted by Gasteiger charge is 2.10. The Bertz CT molecular complexity index is 605. The number of nitrogens with one attached hydrogen (secondary N) is 1. The number of halogens is 1. The first kappa shape index (κ1) is 15.9. The molecule has 2 rings (SSSR count). The van der Waals surface area contributed by atoms with Crippen LogP contribution < -0.4 is 10.1 Å². The molecule has 1 heterocycles. The van der Waals surface area contributed by atoms with Crippen molar-refractivity contribution in [3.63, 3.8) is 0 Å². The zero-order valence-electron chi connectivity index (χ0n) is 12.9. The van der Waals surface area contributed by atoms with E-state index in [9.17, 15) is 4.39 Å². The summed E-state index contributed by atoms with van der Waals surface area (Å²) >= 11 is 1.59. The van der Waals surface area contributed by atoms with Crippen molar-refractivity contribution in [2.75, 3.05) is 0 Å². The van der Waals surface area contributed by atoms with Crippen LogP contribution in [-0.2, 0) is 13.2 Å². The van der Waals surface area contributed by atoms with Crippen LogP contribution in [0, 0.1) is 12.7 Å². The molecular weight excluding hydrogens is 287 g/mol. The van der Waals surface area contributed by atoms with E-state index in [4.69, 9.17) is 4.74 Å². The van der Waals surface area contributed by atoms with Crippen molar-refractivity contribution in [3.05, 3.63) is 45.7 Å². The fraction of sp³-hybridized carbons (Fsp3) is 0.438. The van der Waals surface area contributed by atoms with Gasteiger partial charge in [-0.05, 0) is 45.4 Å². The number of hydrogen-bond donors (Lipinski definition) is 1. The lowest BCUT2D eigenvalue weighted by Crippen LogP contribution is -2.35. The Kier molecular flexibility index (Phi) is 4.96. The van der Waals surface area contributed by atoms with E-state index in [1.165, 1.54) is 12.1 Å². The van der Waals surface area contributed by atoms with Crippen molar-refractivity contribution in [3.8, 4) is 5.75 Å². The van der Waals surface area contributed by atoms with Gasteiger partial charge in [0.1, 0.15) is 18.2 Å². The van der Waals surface area contributed by atoms with Gasteiger partial charge in [0.25, 0.3) is 0 Å². The lowest BCUT2D eigenvalue weighted by atomic mass is 10.1. The van der Waals surface area contributed by atoms with Gasteiger partial charge in [0.15, 0.2) is 0 Å². The van der Waals surface area contributed by atoms with Crippen LogP contribution in [0.4, 0.5) is 4.39 Å². The lowest BCUT2D eigenvalue weighted by Gasteiger charge is -2.20. The van der Waals surface area contributed by atoms with Crippen LogP contribution in [0.15, 0.2) is 24.4 Å². The molecule has 1 N–H and O–H groups in total. The summed E-state index contributed by atoms with van der Waals surface area (Å²) in [6.45, 7) is 9.21. The molecule has 0 aliphatic rings. The second-order valence-corrected chi connectivity index (χ2v) is 7.35. The first-order valence-electron chi connectivity index (χ1n) is 6.90. The Balaban J connectivity index is 2.01. The van der Waals surface area contributed by atoms with Crippen molar-refractivity contribution in [1.29, 1.82) is 0 Å². The van der Waals surface area contributed by atoms with Crippen molar-refractivity contribution < 1.29 is 9.13 Å². The molecule has 1 aromatic carbocycles. The van der Waals surface area contributed by atoms with Gasteiger partial charge in [-0.15, -0.1) is 11.3 Å². The summed E-state index contributed by atoms with van der Waals surface area (Å²) in [5, 5.41) is 4.34. The van der Waals surface area contributed by atoms with Crippen LogP contribution in [0.25, 0.3) is 0 Å². The molecule has 0 amide bonds. The summed E-state index contributed by atoms with van der Waals surface area (Å²) in [5.41, 5.74) is 0.869. The normalized spacial score (nSPS) is 11.7. The van der Waals surface area contributed by atoms with Gasteiger partial charge in [-0.25, -0.2) is 9.37 Å². The molecule has 0 saturated heterocycles. The molecule has 0 saturated carbocycles. The largest absolute Gasteiger partial charge is 0.488 e. The molecule has 114 valence electrons. The molecule has 0 unspecified atom stereocenters. The standard InChI is InChI=1S/C16H21FN2OS/c1-11-18-9-15(21-11)10-20-14-6-12(5-13(17)7-14)8-19-16(2,3)4/h5-7,9,19H,8,10H2,1-4H3. The molecule has 1 aromatic heterocycles. The number of rotatable bonds is 5. The molecular formula is C16H21FN2OS. The lowest BCUT2D eigenvalue weighted by molar-refractivity contribution is 0.307. The second kappa shape index (κ2) is 6.54. The number of hydrogen-bond acceptors (Lipinski definition) is 4. The zero-order valence-corrected chi connectivity index (χ0v) is 13.7. The van der Waals surface area contributed by atoms with Crippen LogP contribution in [-0.4, -0.2) is 10.5 Å². The van der Waals surface area contributed by atoms with Crippen LogP contribution in [0.2, 0.25) is 0 Å². The average molecular weight is 308 g/mol. The Morgan fingerprint density at radius 3 is 2.67 bits per heavy atom. The predicted octanol–water partition coefficient (Wildman–Crippen LogP) is 4.06. The maximum Gasteiger partial charge on any atom is 0.127 e. The minimum absolute atomic E-state index is 0.00645. The third-order valence-corrected chi connectivity index (χ3v) is 3.69. The van der Waals surface area contributed by atoms with E-state index in [0.717, 1.165) is 15.4 Å². The molecule has 0 bridgehead atoms. The third kappa shape index (κ3) is 5.44. The summed E-state index contributed by atoms with van der Waals surface area (Å²) in [7, 11) is 0. The minimum Gasteiger partial charge on any atom is -0.488 e. The van der Waals surface area contributed by atoms with E-state index in [2.05, 4.69) is 31.1 Å². The quantitative estimate of drug-likeness (QED) is 0.904. The summed E-state index contributed by atoms with van der Waals surface area (Å²) in [5.74, 6) is 0.269. The van der Waals surface area contributed by atoms with Crippen LogP contribution in [0.1, 0.15) is 36.2 Å². The van der Waals surface area contributed by atoms with Gasteiger partial charge >= 0.3 is 0 Å². The number of ether oxygens (including phenoxy) is 1. The van der Waals surface area contributed by atoms with Gasteiger partial charge in [-0.2, -0.15) is 0 Å². The van der Waals surface area contributed by atoms with E-state index in [0.29, 0.717) is 18.9 Å². The van der Waals surface area contributed by atoms with Crippen LogP contribution >= 0.6 is 11.3 Å². The molecule has 0 aliphatic carbocycles. The number of aromatic nitrogens is 1. The predicted molar refractivity (Wildman–Crippen MR) is 84.2 cm³/mol. The van der Waals surface area contributed by atoms with Crippen molar-refractivity contribution in [1.82, 2.24) is 10.3 Å². The molecule has 5 heteroatoms. The fourth-order valence-corrected chi connectivity index (χ4v) is 2.51. The van der Waals surface area contributed by atoms with Crippen LogP contribution in [0.5, 0.6) is 5.75 Å². The number of nitrogens with zero attached hydrogens (tertiary/aromatic N) is 1. The summed E-state index contributed by atoms with van der Waals surface area (Å²) in [6, 6.07) is 4.81. The Hall–Kier alpha value is -1.46. The number of benzene rings is 1. The SMILES string of the molecule is Cc1ncc(COc2cc(F)cc(CNC(C)(C)C)c2)s1. The number of aryl methyl sites for hydroxylation is 1. The third-order valence-electron chi connectivity index (χ3n) is 2.80. The molecule has 2 aromatic rings. The van der Waals surface area contributed by atoms with Gasteiger partial charge in [0.05, 0.1) is 9.88 Å². The smallest absolute Gasteiger partial charge is 0.127 e. The molecule has 0 radical (unpaired) electrons. The Morgan fingerprint density at radius 2 is 2.05 bits per heavy atom. The van der Waals surface area contributed by atoms with E-state index in [-0.39, 0.29) is 11.4 Å². The maximum absolute atomic E-state index is 13.7. The topological polar surface area (TPSA) is 34.1 Å². The van der Waals surface area contributed by atoms with E-state index >= 15 is 0 Å². The highest BCUT2D eigenvalue weighted by Crippen LogP contribution is 2.20. The summed E-state index contributed by atoms with van der Waals surface area (Å²) < 4.78 is 19.3. The second-order valence-electron chi connectivity index (χ2n) is 6.03. The Labute approximate surface area is 129 Å². The van der Waals surface area contributed by atoms with Crippen molar-refractivity contribution in [2.45, 2.75) is 46.4 Å². The van der Waals surface area contributed by atoms with Crippen molar-refractivity contribution in [2.24, 2.45) is 0 Å². The van der Waals surface area contributed by atoms with E-state index in [1.807, 2.05) is 13.0 Å². The van der Waals surface area contributed by atoms with Gasteiger partial charge in [-0.1, -0.05) is 0 Å². The molecule has 0 atom stereocenters. The minimum atomic E-state index is -0.279. The molecule has 0 fully saturated rings. The van der Waals surface area contributed by atoms with Crippen molar-refractivity contribution >= 4 is 11.3 Å². The first-order valence-corrected chi connectivity index (χ1v) is 7.72. The van der Waals surface area contributed by atoms with E-state index < -0.39 is 0 Å². The van der Waals surface area contributed by atoms with Gasteiger partial charge < -0.3 is 10.1 Å². The van der Waals surface area contributed by atoms with Gasteiger partial charge in [-0.3, -0.25) is 0 Å². The monoisotopic (exact) mass is 308 g/mol. The molecule has 0 aliphatic heterocycles. The zero-order chi connectivity index (χ0) is 15.5. The average Bonchev–Trinajstić information content (AvgIpc) is 2.79. The fourth-order valence-electron chi connectivity index (χ4n) is 1.80. The molecule has 0 spiro atoms.